The van der Waals surface area contributed by atoms with Crippen LogP contribution >= 0.6 is 31.9 Å². The van der Waals surface area contributed by atoms with Gasteiger partial charge in [0, 0.05) is 23.9 Å². The van der Waals surface area contributed by atoms with Crippen LogP contribution in [-0.4, -0.2) is 19.9 Å². The summed E-state index contributed by atoms with van der Waals surface area (Å²) in [7, 11) is 0. The maximum absolute atomic E-state index is 10.3. The summed E-state index contributed by atoms with van der Waals surface area (Å²) in [5, 5.41) is 14.5. The van der Waals surface area contributed by atoms with Crippen molar-refractivity contribution in [2.24, 2.45) is 0 Å². The SMILES string of the molecule is CCn1ncc(C(O)c2cccnc2Br)c1Br. The van der Waals surface area contributed by atoms with Crippen LogP contribution in [0.15, 0.2) is 33.7 Å². The van der Waals surface area contributed by atoms with E-state index in [2.05, 4.69) is 41.9 Å². The van der Waals surface area contributed by atoms with Gasteiger partial charge in [-0.1, -0.05) is 6.07 Å². The van der Waals surface area contributed by atoms with Crippen molar-refractivity contribution in [3.8, 4) is 0 Å². The minimum atomic E-state index is -0.743. The molecule has 1 N–H and O–H groups in total. The molecule has 2 heterocycles. The molecule has 0 amide bonds. The normalized spacial score (nSPS) is 12.7. The van der Waals surface area contributed by atoms with Gasteiger partial charge in [0.2, 0.25) is 0 Å². The van der Waals surface area contributed by atoms with E-state index in [1.165, 1.54) is 0 Å². The predicted octanol–water partition coefficient (Wildman–Crippen LogP) is 2.90. The molecule has 0 saturated carbocycles. The van der Waals surface area contributed by atoms with Crippen LogP contribution in [0.4, 0.5) is 0 Å². The minimum absolute atomic E-state index is 0.642. The van der Waals surface area contributed by atoms with Gasteiger partial charge in [0.25, 0.3) is 0 Å². The Kier molecular flexibility index (Phi) is 3.96. The molecular weight excluding hydrogens is 350 g/mol. The van der Waals surface area contributed by atoms with E-state index < -0.39 is 6.10 Å². The fraction of sp³-hybridized carbons (Fsp3) is 0.273. The number of hydrogen-bond donors (Lipinski definition) is 1. The van der Waals surface area contributed by atoms with Crippen LogP contribution in [0.25, 0.3) is 0 Å². The van der Waals surface area contributed by atoms with Crippen LogP contribution in [-0.2, 0) is 6.54 Å². The number of aliphatic hydroxyl groups excluding tert-OH is 1. The van der Waals surface area contributed by atoms with Gasteiger partial charge >= 0.3 is 0 Å². The third kappa shape index (κ3) is 2.43. The third-order valence-electron chi connectivity index (χ3n) is 2.48. The van der Waals surface area contributed by atoms with Crippen LogP contribution in [0.1, 0.15) is 24.2 Å². The number of rotatable bonds is 3. The van der Waals surface area contributed by atoms with Crippen LogP contribution in [0, 0.1) is 0 Å². The number of pyridine rings is 1. The van der Waals surface area contributed by atoms with E-state index in [0.29, 0.717) is 4.60 Å². The lowest BCUT2D eigenvalue weighted by atomic mass is 10.1. The first-order chi connectivity index (χ1) is 8.15. The van der Waals surface area contributed by atoms with Crippen molar-refractivity contribution in [2.75, 3.05) is 0 Å². The Morgan fingerprint density at radius 2 is 2.18 bits per heavy atom. The zero-order chi connectivity index (χ0) is 12.4. The lowest BCUT2D eigenvalue weighted by Crippen LogP contribution is -2.02. The van der Waals surface area contributed by atoms with E-state index in [1.54, 1.807) is 23.1 Å². The number of hydrogen-bond acceptors (Lipinski definition) is 3. The van der Waals surface area contributed by atoms with Crippen LogP contribution in [0.2, 0.25) is 0 Å². The number of nitrogens with zero attached hydrogens (tertiary/aromatic N) is 3. The summed E-state index contributed by atoms with van der Waals surface area (Å²) in [5.74, 6) is 0. The molecular formula is C11H11Br2N3O. The first kappa shape index (κ1) is 12.7. The fourth-order valence-corrected chi connectivity index (χ4v) is 2.69. The molecule has 2 aromatic heterocycles. The lowest BCUT2D eigenvalue weighted by molar-refractivity contribution is 0.218. The molecule has 90 valence electrons. The van der Waals surface area contributed by atoms with Crippen molar-refractivity contribution in [1.82, 2.24) is 14.8 Å². The molecule has 0 aliphatic heterocycles. The minimum Gasteiger partial charge on any atom is -0.383 e. The van der Waals surface area contributed by atoms with Gasteiger partial charge in [-0.05, 0) is 44.8 Å². The van der Waals surface area contributed by atoms with E-state index in [4.69, 9.17) is 0 Å². The zero-order valence-corrected chi connectivity index (χ0v) is 12.3. The highest BCUT2D eigenvalue weighted by molar-refractivity contribution is 9.10. The molecule has 1 atom stereocenters. The summed E-state index contributed by atoms with van der Waals surface area (Å²) in [6.07, 6.45) is 2.59. The molecule has 6 heteroatoms. The monoisotopic (exact) mass is 359 g/mol. The highest BCUT2D eigenvalue weighted by Crippen LogP contribution is 2.31. The van der Waals surface area contributed by atoms with Gasteiger partial charge in [-0.15, -0.1) is 0 Å². The maximum Gasteiger partial charge on any atom is 0.112 e. The molecule has 2 aromatic rings. The highest BCUT2D eigenvalue weighted by atomic mass is 79.9. The maximum atomic E-state index is 10.3. The van der Waals surface area contributed by atoms with E-state index in [-0.39, 0.29) is 0 Å². The van der Waals surface area contributed by atoms with Crippen molar-refractivity contribution < 1.29 is 5.11 Å². The first-order valence-corrected chi connectivity index (χ1v) is 6.73. The number of aromatic nitrogens is 3. The molecule has 4 nitrogen and oxygen atoms in total. The van der Waals surface area contributed by atoms with Crippen molar-refractivity contribution in [1.29, 1.82) is 0 Å². The summed E-state index contributed by atoms with van der Waals surface area (Å²) in [6.45, 7) is 2.75. The van der Waals surface area contributed by atoms with Gasteiger partial charge in [0.15, 0.2) is 0 Å². The highest BCUT2D eigenvalue weighted by Gasteiger charge is 2.19. The number of aliphatic hydroxyl groups is 1. The second-order valence-corrected chi connectivity index (χ2v) is 4.99. The molecule has 0 radical (unpaired) electrons. The Morgan fingerprint density at radius 3 is 2.76 bits per heavy atom. The van der Waals surface area contributed by atoms with E-state index in [1.807, 2.05) is 13.0 Å². The first-order valence-electron chi connectivity index (χ1n) is 5.14. The van der Waals surface area contributed by atoms with Crippen molar-refractivity contribution >= 4 is 31.9 Å². The molecule has 0 aliphatic rings. The molecule has 17 heavy (non-hydrogen) atoms. The lowest BCUT2D eigenvalue weighted by Gasteiger charge is -2.11. The smallest absolute Gasteiger partial charge is 0.112 e. The van der Waals surface area contributed by atoms with Crippen molar-refractivity contribution in [3.63, 3.8) is 0 Å². The Hall–Kier alpha value is -0.720. The number of aryl methyl sites for hydroxylation is 1. The quantitative estimate of drug-likeness (QED) is 0.856. The van der Waals surface area contributed by atoms with E-state index in [0.717, 1.165) is 22.3 Å². The van der Waals surface area contributed by atoms with Crippen molar-refractivity contribution in [2.45, 2.75) is 19.6 Å². The van der Waals surface area contributed by atoms with Gasteiger partial charge in [0.1, 0.15) is 15.3 Å². The molecule has 0 saturated heterocycles. The topological polar surface area (TPSA) is 50.9 Å². The molecule has 0 aromatic carbocycles. The Balaban J connectivity index is 2.40. The summed E-state index contributed by atoms with van der Waals surface area (Å²) >= 11 is 6.77. The average molecular weight is 361 g/mol. The summed E-state index contributed by atoms with van der Waals surface area (Å²) in [4.78, 5) is 4.10. The van der Waals surface area contributed by atoms with Crippen LogP contribution in [0.5, 0.6) is 0 Å². The summed E-state index contributed by atoms with van der Waals surface area (Å²) in [5.41, 5.74) is 1.46. The Labute approximate surface area is 116 Å². The fourth-order valence-electron chi connectivity index (χ4n) is 1.56. The van der Waals surface area contributed by atoms with Gasteiger partial charge in [-0.25, -0.2) is 4.98 Å². The van der Waals surface area contributed by atoms with E-state index in [9.17, 15) is 5.11 Å². The Morgan fingerprint density at radius 1 is 1.41 bits per heavy atom. The molecule has 0 bridgehead atoms. The van der Waals surface area contributed by atoms with Crippen molar-refractivity contribution in [3.05, 3.63) is 44.9 Å². The predicted molar refractivity (Wildman–Crippen MR) is 71.6 cm³/mol. The molecule has 1 unspecified atom stereocenters. The number of halogens is 2. The van der Waals surface area contributed by atoms with Gasteiger partial charge < -0.3 is 5.11 Å². The summed E-state index contributed by atoms with van der Waals surface area (Å²) < 4.78 is 3.22. The van der Waals surface area contributed by atoms with Gasteiger partial charge in [-0.3, -0.25) is 4.68 Å². The second-order valence-electron chi connectivity index (χ2n) is 3.49. The second kappa shape index (κ2) is 5.29. The molecule has 0 spiro atoms. The average Bonchev–Trinajstić information content (AvgIpc) is 2.70. The van der Waals surface area contributed by atoms with Gasteiger partial charge in [0.05, 0.1) is 6.20 Å². The molecule has 0 aliphatic carbocycles. The standard InChI is InChI=1S/C11H11Br2N3O/c1-2-16-11(13)8(6-15-16)9(17)7-4-3-5-14-10(7)12/h3-6,9,17H,2H2,1H3. The molecule has 2 rings (SSSR count). The third-order valence-corrected chi connectivity index (χ3v) is 4.01. The van der Waals surface area contributed by atoms with Gasteiger partial charge in [-0.2, -0.15) is 5.10 Å². The molecule has 0 fully saturated rings. The zero-order valence-electron chi connectivity index (χ0n) is 9.14. The Bertz CT molecular complexity index is 527. The largest absolute Gasteiger partial charge is 0.383 e. The summed E-state index contributed by atoms with van der Waals surface area (Å²) in [6, 6.07) is 3.62. The van der Waals surface area contributed by atoms with Crippen LogP contribution in [0.3, 0.4) is 0 Å². The van der Waals surface area contributed by atoms with E-state index >= 15 is 0 Å². The van der Waals surface area contributed by atoms with Crippen LogP contribution < -0.4 is 0 Å².